The zero-order valence-electron chi connectivity index (χ0n) is 10.5. The third-order valence-electron chi connectivity index (χ3n) is 2.81. The highest BCUT2D eigenvalue weighted by Gasteiger charge is 2.20. The first-order valence-corrected chi connectivity index (χ1v) is 6.59. The minimum atomic E-state index is -0.534. The van der Waals surface area contributed by atoms with Crippen LogP contribution in [0.15, 0.2) is 41.1 Å². The van der Waals surface area contributed by atoms with E-state index in [1.807, 2.05) is 0 Å². The average molecular weight is 340 g/mol. The first-order chi connectivity index (χ1) is 9.50. The van der Waals surface area contributed by atoms with Crippen molar-refractivity contribution < 1.29 is 9.31 Å². The Morgan fingerprint density at radius 2 is 2.10 bits per heavy atom. The molecule has 0 saturated carbocycles. The molecular formula is C13H11BrFN3O2. The van der Waals surface area contributed by atoms with Crippen LogP contribution in [0.2, 0.25) is 0 Å². The van der Waals surface area contributed by atoms with E-state index in [1.54, 1.807) is 25.1 Å². The number of aromatic nitrogens is 1. The van der Waals surface area contributed by atoms with E-state index in [0.29, 0.717) is 10.0 Å². The lowest BCUT2D eigenvalue weighted by Gasteiger charge is -2.17. The van der Waals surface area contributed by atoms with Crippen molar-refractivity contribution in [3.8, 4) is 0 Å². The number of benzene rings is 1. The third kappa shape index (κ3) is 2.93. The lowest BCUT2D eigenvalue weighted by Crippen LogP contribution is -2.10. The average Bonchev–Trinajstić information content (AvgIpc) is 2.41. The number of nitrogens with zero attached hydrogens (tertiary/aromatic N) is 2. The molecule has 1 aromatic heterocycles. The molecule has 0 amide bonds. The zero-order valence-corrected chi connectivity index (χ0v) is 12.1. The summed E-state index contributed by atoms with van der Waals surface area (Å²) < 4.78 is 14.2. The number of pyridine rings is 1. The molecule has 5 nitrogen and oxygen atoms in total. The second kappa shape index (κ2) is 5.96. The number of halogens is 2. The highest BCUT2D eigenvalue weighted by Crippen LogP contribution is 2.34. The summed E-state index contributed by atoms with van der Waals surface area (Å²) in [5.41, 5.74) is 0.550. The van der Waals surface area contributed by atoms with Gasteiger partial charge in [-0.2, -0.15) is 0 Å². The number of hydrogen-bond acceptors (Lipinski definition) is 4. The monoisotopic (exact) mass is 339 g/mol. The fourth-order valence-corrected chi connectivity index (χ4v) is 2.26. The molecule has 20 heavy (non-hydrogen) atoms. The molecular weight excluding hydrogens is 329 g/mol. The van der Waals surface area contributed by atoms with E-state index in [4.69, 9.17) is 0 Å². The van der Waals surface area contributed by atoms with Crippen LogP contribution in [0.5, 0.6) is 0 Å². The Morgan fingerprint density at radius 1 is 1.40 bits per heavy atom. The maximum absolute atomic E-state index is 13.7. The standard InChI is InChI=1S/C13H11BrFN3O2/c1-8(9-4-2-3-5-11(9)15)17-13-10(14)6-16-7-12(13)18(19)20/h2-8H,1H3,(H,16,17). The summed E-state index contributed by atoms with van der Waals surface area (Å²) in [5, 5.41) is 13.9. The molecule has 2 aromatic rings. The largest absolute Gasteiger partial charge is 0.372 e. The van der Waals surface area contributed by atoms with E-state index < -0.39 is 11.0 Å². The summed E-state index contributed by atoms with van der Waals surface area (Å²) in [6.45, 7) is 1.73. The van der Waals surface area contributed by atoms with Gasteiger partial charge in [-0.3, -0.25) is 15.1 Å². The lowest BCUT2D eigenvalue weighted by molar-refractivity contribution is -0.384. The van der Waals surface area contributed by atoms with Crippen molar-refractivity contribution in [1.29, 1.82) is 0 Å². The van der Waals surface area contributed by atoms with Crippen molar-refractivity contribution in [3.63, 3.8) is 0 Å². The molecule has 7 heteroatoms. The van der Waals surface area contributed by atoms with Crippen molar-refractivity contribution in [2.75, 3.05) is 5.32 Å². The number of nitro groups is 1. The van der Waals surface area contributed by atoms with Crippen LogP contribution in [0.1, 0.15) is 18.5 Å². The number of anilines is 1. The van der Waals surface area contributed by atoms with Crippen LogP contribution in [-0.2, 0) is 0 Å². The van der Waals surface area contributed by atoms with Gasteiger partial charge in [-0.25, -0.2) is 4.39 Å². The first-order valence-electron chi connectivity index (χ1n) is 5.79. The van der Waals surface area contributed by atoms with Crippen molar-refractivity contribution in [1.82, 2.24) is 4.98 Å². The molecule has 1 heterocycles. The fraction of sp³-hybridized carbons (Fsp3) is 0.154. The summed E-state index contributed by atoms with van der Waals surface area (Å²) in [7, 11) is 0. The van der Waals surface area contributed by atoms with Gasteiger partial charge in [0.2, 0.25) is 0 Å². The van der Waals surface area contributed by atoms with Crippen molar-refractivity contribution in [2.45, 2.75) is 13.0 Å². The van der Waals surface area contributed by atoms with Crippen LogP contribution < -0.4 is 5.32 Å². The van der Waals surface area contributed by atoms with Gasteiger partial charge in [0.25, 0.3) is 0 Å². The van der Waals surface area contributed by atoms with Crippen LogP contribution in [0.3, 0.4) is 0 Å². The molecule has 1 unspecified atom stereocenters. The Kier molecular flexibility index (Phi) is 4.29. The summed E-state index contributed by atoms with van der Waals surface area (Å²) in [6, 6.07) is 5.87. The Hall–Kier alpha value is -2.02. The van der Waals surface area contributed by atoms with Crippen LogP contribution in [-0.4, -0.2) is 9.91 Å². The first kappa shape index (κ1) is 14.4. The van der Waals surface area contributed by atoms with Gasteiger partial charge in [-0.05, 0) is 28.9 Å². The van der Waals surface area contributed by atoms with Gasteiger partial charge in [0.15, 0.2) is 0 Å². The molecule has 0 saturated heterocycles. The maximum Gasteiger partial charge on any atom is 0.311 e. The van der Waals surface area contributed by atoms with Crippen LogP contribution in [0.4, 0.5) is 15.8 Å². The molecule has 1 aromatic carbocycles. The van der Waals surface area contributed by atoms with Crippen LogP contribution in [0.25, 0.3) is 0 Å². The van der Waals surface area contributed by atoms with Crippen LogP contribution >= 0.6 is 15.9 Å². The molecule has 0 aliphatic carbocycles. The highest BCUT2D eigenvalue weighted by atomic mass is 79.9. The third-order valence-corrected chi connectivity index (χ3v) is 3.41. The molecule has 0 spiro atoms. The van der Waals surface area contributed by atoms with Crippen molar-refractivity contribution in [3.05, 3.63) is 62.6 Å². The predicted molar refractivity (Wildman–Crippen MR) is 77.0 cm³/mol. The second-order valence-corrected chi connectivity index (χ2v) is 5.01. The Morgan fingerprint density at radius 3 is 2.75 bits per heavy atom. The minimum Gasteiger partial charge on any atom is -0.372 e. The Labute approximate surface area is 123 Å². The van der Waals surface area contributed by atoms with Gasteiger partial charge in [0, 0.05) is 11.8 Å². The van der Waals surface area contributed by atoms with Gasteiger partial charge in [0.1, 0.15) is 17.7 Å². The van der Waals surface area contributed by atoms with Crippen molar-refractivity contribution >= 4 is 27.3 Å². The van der Waals surface area contributed by atoms with E-state index >= 15 is 0 Å². The Bertz CT molecular complexity index is 651. The molecule has 104 valence electrons. The van der Waals surface area contributed by atoms with E-state index in [-0.39, 0.29) is 17.2 Å². The molecule has 0 aliphatic rings. The topological polar surface area (TPSA) is 68.1 Å². The second-order valence-electron chi connectivity index (χ2n) is 4.16. The molecule has 2 rings (SSSR count). The predicted octanol–water partition coefficient (Wildman–Crippen LogP) is 4.06. The maximum atomic E-state index is 13.7. The van der Waals surface area contributed by atoms with E-state index in [0.717, 1.165) is 6.20 Å². The quantitative estimate of drug-likeness (QED) is 0.673. The molecule has 0 aliphatic heterocycles. The lowest BCUT2D eigenvalue weighted by atomic mass is 10.1. The molecule has 1 atom stereocenters. The summed E-state index contributed by atoms with van der Waals surface area (Å²) in [4.78, 5) is 14.2. The van der Waals surface area contributed by atoms with Gasteiger partial charge < -0.3 is 5.32 Å². The number of nitrogens with one attached hydrogen (secondary N) is 1. The van der Waals surface area contributed by atoms with Crippen molar-refractivity contribution in [2.24, 2.45) is 0 Å². The molecule has 1 N–H and O–H groups in total. The van der Waals surface area contributed by atoms with E-state index in [9.17, 15) is 14.5 Å². The highest BCUT2D eigenvalue weighted by molar-refractivity contribution is 9.10. The van der Waals surface area contributed by atoms with E-state index in [1.165, 1.54) is 12.3 Å². The smallest absolute Gasteiger partial charge is 0.311 e. The van der Waals surface area contributed by atoms with Gasteiger partial charge in [0.05, 0.1) is 15.4 Å². The summed E-state index contributed by atoms with van der Waals surface area (Å²) in [5.74, 6) is -0.361. The molecule has 0 fully saturated rings. The zero-order chi connectivity index (χ0) is 14.7. The number of rotatable bonds is 4. The SMILES string of the molecule is CC(Nc1c(Br)cncc1[N+](=O)[O-])c1ccccc1F. The van der Waals surface area contributed by atoms with Gasteiger partial charge in [-0.1, -0.05) is 18.2 Å². The van der Waals surface area contributed by atoms with Crippen LogP contribution in [0, 0.1) is 15.9 Å². The van der Waals surface area contributed by atoms with Gasteiger partial charge in [-0.15, -0.1) is 0 Å². The molecule has 0 radical (unpaired) electrons. The normalized spacial score (nSPS) is 11.9. The summed E-state index contributed by atoms with van der Waals surface area (Å²) in [6.07, 6.45) is 2.60. The summed E-state index contributed by atoms with van der Waals surface area (Å²) >= 11 is 3.21. The number of hydrogen-bond donors (Lipinski definition) is 1. The van der Waals surface area contributed by atoms with Gasteiger partial charge >= 0.3 is 5.69 Å². The minimum absolute atomic E-state index is 0.164. The van der Waals surface area contributed by atoms with E-state index in [2.05, 4.69) is 26.2 Å². The molecule has 0 bridgehead atoms. The Balaban J connectivity index is 2.35. The fourth-order valence-electron chi connectivity index (χ4n) is 1.83.